The predicted molar refractivity (Wildman–Crippen MR) is 67.7 cm³/mol. The summed E-state index contributed by atoms with van der Waals surface area (Å²) >= 11 is 1.61. The van der Waals surface area contributed by atoms with E-state index < -0.39 is 12.0 Å². The minimum absolute atomic E-state index is 0.0982. The highest BCUT2D eigenvalue weighted by Crippen LogP contribution is 2.15. The summed E-state index contributed by atoms with van der Waals surface area (Å²) in [6, 6.07) is 6.77. The maximum absolute atomic E-state index is 11.9. The van der Waals surface area contributed by atoms with Gasteiger partial charge in [-0.05, 0) is 25.3 Å². The van der Waals surface area contributed by atoms with E-state index in [0.29, 0.717) is 5.56 Å². The van der Waals surface area contributed by atoms with Gasteiger partial charge in [-0.2, -0.15) is 0 Å². The maximum atomic E-state index is 11.9. The largest absolute Gasteiger partial charge is 0.480 e. The predicted octanol–water partition coefficient (Wildman–Crippen LogP) is 1.65. The molecule has 2 N–H and O–H groups in total. The number of carbonyl (C=O) groups excluding carboxylic acids is 1. The molecular formula is C12H15NO3S. The average Bonchev–Trinajstić information content (AvgIpc) is 2.35. The van der Waals surface area contributed by atoms with Crippen molar-refractivity contribution in [2.45, 2.75) is 17.9 Å². The van der Waals surface area contributed by atoms with Crippen LogP contribution in [0.5, 0.6) is 0 Å². The van der Waals surface area contributed by atoms with Gasteiger partial charge in [0, 0.05) is 10.5 Å². The molecule has 0 saturated carbocycles. The van der Waals surface area contributed by atoms with Crippen LogP contribution >= 0.6 is 11.8 Å². The standard InChI is InChI=1S/C12H15NO3S/c1-8(13-7-11(14)15)12(16)9-3-5-10(17-2)6-4-9/h3-6,8,13H,7H2,1-2H3,(H,14,15). The number of rotatable bonds is 6. The van der Waals surface area contributed by atoms with Gasteiger partial charge < -0.3 is 5.11 Å². The number of hydrogen-bond donors (Lipinski definition) is 2. The molecule has 1 atom stereocenters. The molecule has 17 heavy (non-hydrogen) atoms. The van der Waals surface area contributed by atoms with Gasteiger partial charge in [0.25, 0.3) is 0 Å². The van der Waals surface area contributed by atoms with Crippen LogP contribution < -0.4 is 5.32 Å². The van der Waals surface area contributed by atoms with E-state index in [1.54, 1.807) is 30.8 Å². The fourth-order valence-electron chi connectivity index (χ4n) is 1.34. The fourth-order valence-corrected chi connectivity index (χ4v) is 1.75. The summed E-state index contributed by atoms with van der Waals surface area (Å²) in [5.74, 6) is -1.07. The number of Topliss-reactive ketones (excluding diaryl/α,β-unsaturated/α-hetero) is 1. The van der Waals surface area contributed by atoms with Gasteiger partial charge in [-0.1, -0.05) is 12.1 Å². The number of carboxylic acid groups (broad SMARTS) is 1. The molecule has 1 rings (SSSR count). The van der Waals surface area contributed by atoms with Gasteiger partial charge in [0.15, 0.2) is 5.78 Å². The van der Waals surface area contributed by atoms with Crippen molar-refractivity contribution in [1.82, 2.24) is 5.32 Å². The number of thioether (sulfide) groups is 1. The van der Waals surface area contributed by atoms with Crippen molar-refractivity contribution in [1.29, 1.82) is 0 Å². The molecule has 0 aliphatic carbocycles. The van der Waals surface area contributed by atoms with Crippen LogP contribution in [0.4, 0.5) is 0 Å². The molecule has 5 heteroatoms. The van der Waals surface area contributed by atoms with Gasteiger partial charge in [-0.15, -0.1) is 11.8 Å². The molecule has 0 amide bonds. The zero-order valence-corrected chi connectivity index (χ0v) is 10.6. The molecule has 0 aliphatic heterocycles. The first-order valence-corrected chi connectivity index (χ1v) is 6.40. The Kier molecular flexibility index (Phi) is 5.18. The summed E-state index contributed by atoms with van der Waals surface area (Å²) in [5, 5.41) is 11.2. The van der Waals surface area contributed by atoms with Crippen LogP contribution in [-0.4, -0.2) is 35.7 Å². The van der Waals surface area contributed by atoms with Gasteiger partial charge >= 0.3 is 5.97 Å². The molecule has 0 aliphatic rings. The number of carboxylic acids is 1. The molecule has 1 unspecified atom stereocenters. The molecule has 0 fully saturated rings. The van der Waals surface area contributed by atoms with Crippen molar-refractivity contribution < 1.29 is 14.7 Å². The molecule has 0 bridgehead atoms. The van der Waals surface area contributed by atoms with Crippen LogP contribution in [0.2, 0.25) is 0 Å². The highest BCUT2D eigenvalue weighted by molar-refractivity contribution is 7.98. The molecule has 0 aromatic heterocycles. The Morgan fingerprint density at radius 2 is 1.94 bits per heavy atom. The highest BCUT2D eigenvalue weighted by Gasteiger charge is 2.15. The fraction of sp³-hybridized carbons (Fsp3) is 0.333. The van der Waals surface area contributed by atoms with E-state index in [4.69, 9.17) is 5.11 Å². The summed E-state index contributed by atoms with van der Waals surface area (Å²) in [5.41, 5.74) is 0.591. The first kappa shape index (κ1) is 13.7. The van der Waals surface area contributed by atoms with E-state index >= 15 is 0 Å². The van der Waals surface area contributed by atoms with E-state index in [-0.39, 0.29) is 12.3 Å². The third-order valence-electron chi connectivity index (χ3n) is 2.33. The molecular weight excluding hydrogens is 238 g/mol. The summed E-state index contributed by atoms with van der Waals surface area (Å²) in [6.45, 7) is 1.45. The molecule has 0 radical (unpaired) electrons. The van der Waals surface area contributed by atoms with Gasteiger partial charge in [0.1, 0.15) is 0 Å². The second-order valence-electron chi connectivity index (χ2n) is 3.59. The molecule has 0 spiro atoms. The minimum Gasteiger partial charge on any atom is -0.480 e. The summed E-state index contributed by atoms with van der Waals surface area (Å²) in [7, 11) is 0. The topological polar surface area (TPSA) is 66.4 Å². The molecule has 4 nitrogen and oxygen atoms in total. The number of aliphatic carboxylic acids is 1. The Morgan fingerprint density at radius 3 is 2.41 bits per heavy atom. The molecule has 1 aromatic rings. The number of hydrogen-bond acceptors (Lipinski definition) is 4. The quantitative estimate of drug-likeness (QED) is 0.596. The Labute approximate surface area is 104 Å². The second-order valence-corrected chi connectivity index (χ2v) is 4.47. The first-order chi connectivity index (χ1) is 8.04. The van der Waals surface area contributed by atoms with Crippen molar-refractivity contribution in [3.63, 3.8) is 0 Å². The van der Waals surface area contributed by atoms with Crippen LogP contribution in [-0.2, 0) is 4.79 Å². The summed E-state index contributed by atoms with van der Waals surface area (Å²) in [6.07, 6.45) is 1.97. The highest BCUT2D eigenvalue weighted by atomic mass is 32.2. The Bertz CT molecular complexity index is 403. The van der Waals surface area contributed by atoms with Crippen LogP contribution in [0.1, 0.15) is 17.3 Å². The summed E-state index contributed by atoms with van der Waals surface area (Å²) in [4.78, 5) is 23.4. The molecule has 1 aromatic carbocycles. The third kappa shape index (κ3) is 4.20. The van der Waals surface area contributed by atoms with Crippen molar-refractivity contribution >= 4 is 23.5 Å². The number of benzene rings is 1. The number of carbonyl (C=O) groups is 2. The van der Waals surface area contributed by atoms with Crippen molar-refractivity contribution in [3.05, 3.63) is 29.8 Å². The summed E-state index contributed by atoms with van der Waals surface area (Å²) < 4.78 is 0. The lowest BCUT2D eigenvalue weighted by Crippen LogP contribution is -2.37. The normalized spacial score (nSPS) is 12.1. The van der Waals surface area contributed by atoms with Crippen molar-refractivity contribution in [3.8, 4) is 0 Å². The van der Waals surface area contributed by atoms with E-state index in [1.807, 2.05) is 18.4 Å². The lowest BCUT2D eigenvalue weighted by Gasteiger charge is -2.11. The Hall–Kier alpha value is -1.33. The van der Waals surface area contributed by atoms with Crippen LogP contribution in [0, 0.1) is 0 Å². The lowest BCUT2D eigenvalue weighted by molar-refractivity contribution is -0.136. The van der Waals surface area contributed by atoms with Gasteiger partial charge in [0.2, 0.25) is 0 Å². The number of nitrogens with one attached hydrogen (secondary N) is 1. The van der Waals surface area contributed by atoms with Crippen molar-refractivity contribution in [2.24, 2.45) is 0 Å². The molecule has 92 valence electrons. The zero-order chi connectivity index (χ0) is 12.8. The van der Waals surface area contributed by atoms with Crippen LogP contribution in [0.25, 0.3) is 0 Å². The second kappa shape index (κ2) is 6.42. The third-order valence-corrected chi connectivity index (χ3v) is 3.07. The Morgan fingerprint density at radius 1 is 1.35 bits per heavy atom. The average molecular weight is 253 g/mol. The number of ketones is 1. The van der Waals surface area contributed by atoms with E-state index in [9.17, 15) is 9.59 Å². The first-order valence-electron chi connectivity index (χ1n) is 5.18. The monoisotopic (exact) mass is 253 g/mol. The maximum Gasteiger partial charge on any atom is 0.317 e. The SMILES string of the molecule is CSc1ccc(C(=O)C(C)NCC(=O)O)cc1. The molecule has 0 heterocycles. The smallest absolute Gasteiger partial charge is 0.317 e. The van der Waals surface area contributed by atoms with E-state index in [1.165, 1.54) is 0 Å². The van der Waals surface area contributed by atoms with E-state index in [0.717, 1.165) is 4.90 Å². The van der Waals surface area contributed by atoms with Crippen LogP contribution in [0.15, 0.2) is 29.2 Å². The van der Waals surface area contributed by atoms with Gasteiger partial charge in [-0.25, -0.2) is 0 Å². The van der Waals surface area contributed by atoms with E-state index in [2.05, 4.69) is 5.32 Å². The molecule has 0 saturated heterocycles. The minimum atomic E-state index is -0.970. The van der Waals surface area contributed by atoms with Crippen molar-refractivity contribution in [2.75, 3.05) is 12.8 Å². The van der Waals surface area contributed by atoms with Gasteiger partial charge in [0.05, 0.1) is 12.6 Å². The van der Waals surface area contributed by atoms with Crippen LogP contribution in [0.3, 0.4) is 0 Å². The van der Waals surface area contributed by atoms with Gasteiger partial charge in [-0.3, -0.25) is 14.9 Å². The Balaban J connectivity index is 2.64. The lowest BCUT2D eigenvalue weighted by atomic mass is 10.1. The zero-order valence-electron chi connectivity index (χ0n) is 9.77.